The van der Waals surface area contributed by atoms with Crippen molar-refractivity contribution in [1.29, 1.82) is 0 Å². The van der Waals surface area contributed by atoms with Gasteiger partial charge in [0.2, 0.25) is 11.8 Å². The zero-order chi connectivity index (χ0) is 31.8. The van der Waals surface area contributed by atoms with E-state index in [0.29, 0.717) is 23.6 Å². The second-order valence-corrected chi connectivity index (χ2v) is 10.7. The first kappa shape index (κ1) is 30.9. The van der Waals surface area contributed by atoms with Crippen LogP contribution in [0.4, 0.5) is 5.69 Å². The summed E-state index contributed by atoms with van der Waals surface area (Å²) in [5.41, 5.74) is 3.06. The van der Waals surface area contributed by atoms with Gasteiger partial charge >= 0.3 is 11.9 Å². The normalized spacial score (nSPS) is 17.2. The van der Waals surface area contributed by atoms with E-state index in [4.69, 9.17) is 9.47 Å². The Morgan fingerprint density at radius 1 is 0.689 bits per heavy atom. The highest BCUT2D eigenvalue weighted by molar-refractivity contribution is 6.22. The first-order valence-electron chi connectivity index (χ1n) is 14.8. The molecule has 0 N–H and O–H groups in total. The summed E-state index contributed by atoms with van der Waals surface area (Å²) >= 11 is 0. The highest BCUT2D eigenvalue weighted by Gasteiger charge is 2.49. The zero-order valence-corrected chi connectivity index (χ0v) is 25.0. The standard InChI is InChI=1S/C38H33NO6/c1-3-33(29-16-20-31(21-17-29)44-34(40)24-14-27-10-6-4-7-11-27)36-26(2)37(42)39(38(36)43)30-18-22-32(23-19-30)45-35(41)25-15-28-12-8-5-9-13-28/h4-26,33,36H,3H2,1-2H3/b24-14+,25-15+. The summed E-state index contributed by atoms with van der Waals surface area (Å²) in [6.45, 7) is 3.76. The van der Waals surface area contributed by atoms with Crippen LogP contribution in [-0.2, 0) is 19.2 Å². The molecule has 4 aromatic rings. The number of amides is 2. The van der Waals surface area contributed by atoms with Gasteiger partial charge in [-0.2, -0.15) is 0 Å². The van der Waals surface area contributed by atoms with Crippen molar-refractivity contribution in [1.82, 2.24) is 0 Å². The molecule has 1 aliphatic heterocycles. The van der Waals surface area contributed by atoms with Crippen LogP contribution in [0.25, 0.3) is 12.2 Å². The Bertz CT molecular complexity index is 1710. The van der Waals surface area contributed by atoms with Gasteiger partial charge in [0.15, 0.2) is 0 Å². The molecule has 7 nitrogen and oxygen atoms in total. The Morgan fingerprint density at radius 2 is 1.16 bits per heavy atom. The fourth-order valence-corrected chi connectivity index (χ4v) is 5.50. The molecule has 0 radical (unpaired) electrons. The van der Waals surface area contributed by atoms with Gasteiger partial charge in [-0.3, -0.25) is 14.5 Å². The third kappa shape index (κ3) is 7.51. The van der Waals surface area contributed by atoms with E-state index < -0.39 is 23.8 Å². The maximum absolute atomic E-state index is 13.7. The molecule has 3 unspecified atom stereocenters. The smallest absolute Gasteiger partial charge is 0.336 e. The quantitative estimate of drug-likeness (QED) is 0.0826. The SMILES string of the molecule is CCC(c1ccc(OC(=O)/C=C/c2ccccc2)cc1)C1C(=O)N(c2ccc(OC(=O)/C=C/c3ccccc3)cc2)C(=O)C1C. The summed E-state index contributed by atoms with van der Waals surface area (Å²) in [6.07, 6.45) is 6.69. The average Bonchev–Trinajstić information content (AvgIpc) is 3.28. The molecular weight excluding hydrogens is 566 g/mol. The third-order valence-electron chi connectivity index (χ3n) is 7.79. The maximum Gasteiger partial charge on any atom is 0.336 e. The summed E-state index contributed by atoms with van der Waals surface area (Å²) < 4.78 is 10.8. The molecule has 0 saturated carbocycles. The number of anilines is 1. The van der Waals surface area contributed by atoms with E-state index in [9.17, 15) is 19.2 Å². The number of hydrogen-bond donors (Lipinski definition) is 0. The highest BCUT2D eigenvalue weighted by Crippen LogP contribution is 2.41. The van der Waals surface area contributed by atoms with Crippen LogP contribution in [0, 0.1) is 11.8 Å². The summed E-state index contributed by atoms with van der Waals surface area (Å²) in [5.74, 6) is -2.24. The van der Waals surface area contributed by atoms with E-state index in [1.807, 2.05) is 79.7 Å². The summed E-state index contributed by atoms with van der Waals surface area (Å²) in [6, 6.07) is 32.2. The lowest BCUT2D eigenvalue weighted by Gasteiger charge is -2.24. The first-order valence-corrected chi connectivity index (χ1v) is 14.8. The molecule has 1 aliphatic rings. The number of benzene rings is 4. The van der Waals surface area contributed by atoms with Crippen LogP contribution < -0.4 is 14.4 Å². The van der Waals surface area contributed by atoms with Gasteiger partial charge in [-0.1, -0.05) is 86.6 Å². The molecule has 0 aliphatic carbocycles. The number of carbonyl (C=O) groups excluding carboxylic acids is 4. The van der Waals surface area contributed by atoms with Crippen molar-refractivity contribution in [3.63, 3.8) is 0 Å². The monoisotopic (exact) mass is 599 g/mol. The lowest BCUT2D eigenvalue weighted by atomic mass is 9.78. The molecule has 7 heteroatoms. The minimum absolute atomic E-state index is 0.221. The number of carbonyl (C=O) groups is 4. The molecule has 1 saturated heterocycles. The predicted molar refractivity (Wildman–Crippen MR) is 173 cm³/mol. The number of rotatable bonds is 10. The van der Waals surface area contributed by atoms with Gasteiger partial charge in [0.05, 0.1) is 11.6 Å². The van der Waals surface area contributed by atoms with E-state index in [0.717, 1.165) is 16.7 Å². The molecule has 4 aromatic carbocycles. The Morgan fingerprint density at radius 3 is 1.62 bits per heavy atom. The van der Waals surface area contributed by atoms with Crippen LogP contribution in [0.3, 0.4) is 0 Å². The minimum Gasteiger partial charge on any atom is -0.423 e. The molecular formula is C38H33NO6. The molecule has 0 spiro atoms. The second kappa shape index (κ2) is 14.3. The Balaban J connectivity index is 1.23. The van der Waals surface area contributed by atoms with E-state index in [-0.39, 0.29) is 17.7 Å². The molecule has 3 atom stereocenters. The van der Waals surface area contributed by atoms with Crippen LogP contribution in [0.15, 0.2) is 121 Å². The van der Waals surface area contributed by atoms with Crippen molar-refractivity contribution >= 4 is 41.6 Å². The number of ether oxygens (including phenoxy) is 2. The van der Waals surface area contributed by atoms with Crippen molar-refractivity contribution in [2.45, 2.75) is 26.2 Å². The van der Waals surface area contributed by atoms with E-state index >= 15 is 0 Å². The number of nitrogens with zero attached hydrogens (tertiary/aromatic N) is 1. The fraction of sp³-hybridized carbons (Fsp3) is 0.158. The predicted octanol–water partition coefficient (Wildman–Crippen LogP) is 7.24. The first-order chi connectivity index (χ1) is 21.8. The summed E-state index contributed by atoms with van der Waals surface area (Å²) in [7, 11) is 0. The minimum atomic E-state index is -0.565. The molecule has 0 bridgehead atoms. The van der Waals surface area contributed by atoms with Gasteiger partial charge in [-0.15, -0.1) is 0 Å². The zero-order valence-electron chi connectivity index (χ0n) is 25.0. The largest absolute Gasteiger partial charge is 0.423 e. The van der Waals surface area contributed by atoms with Crippen molar-refractivity contribution in [2.75, 3.05) is 4.90 Å². The number of hydrogen-bond acceptors (Lipinski definition) is 6. The van der Waals surface area contributed by atoms with Crippen LogP contribution >= 0.6 is 0 Å². The topological polar surface area (TPSA) is 90.0 Å². The molecule has 226 valence electrons. The van der Waals surface area contributed by atoms with Gasteiger partial charge in [0.25, 0.3) is 0 Å². The van der Waals surface area contributed by atoms with Gasteiger partial charge in [0, 0.05) is 18.1 Å². The number of esters is 2. The van der Waals surface area contributed by atoms with Gasteiger partial charge in [0.1, 0.15) is 11.5 Å². The Kier molecular flexibility index (Phi) is 9.80. The maximum atomic E-state index is 13.7. The van der Waals surface area contributed by atoms with E-state index in [1.54, 1.807) is 55.5 Å². The molecule has 5 rings (SSSR count). The molecule has 1 fully saturated rings. The van der Waals surface area contributed by atoms with Crippen molar-refractivity contribution in [3.05, 3.63) is 138 Å². The lowest BCUT2D eigenvalue weighted by Crippen LogP contribution is -2.31. The fourth-order valence-electron chi connectivity index (χ4n) is 5.50. The van der Waals surface area contributed by atoms with Crippen molar-refractivity contribution in [2.24, 2.45) is 11.8 Å². The van der Waals surface area contributed by atoms with Gasteiger partial charge < -0.3 is 9.47 Å². The Hall–Kier alpha value is -5.56. The van der Waals surface area contributed by atoms with Crippen LogP contribution in [0.5, 0.6) is 11.5 Å². The molecule has 0 aromatic heterocycles. The summed E-state index contributed by atoms with van der Waals surface area (Å²) in [5, 5.41) is 0. The summed E-state index contributed by atoms with van der Waals surface area (Å²) in [4.78, 5) is 52.8. The van der Waals surface area contributed by atoms with Gasteiger partial charge in [-0.25, -0.2) is 9.59 Å². The Labute approximate surface area is 262 Å². The van der Waals surface area contributed by atoms with Crippen molar-refractivity contribution < 1.29 is 28.7 Å². The molecule has 2 amide bonds. The van der Waals surface area contributed by atoms with Crippen molar-refractivity contribution in [3.8, 4) is 11.5 Å². The van der Waals surface area contributed by atoms with Gasteiger partial charge in [-0.05, 0) is 77.6 Å². The highest BCUT2D eigenvalue weighted by atomic mass is 16.5. The number of imide groups is 1. The third-order valence-corrected chi connectivity index (χ3v) is 7.79. The second-order valence-electron chi connectivity index (χ2n) is 10.7. The van der Waals surface area contributed by atoms with E-state index in [1.165, 1.54) is 17.1 Å². The van der Waals surface area contributed by atoms with Crippen LogP contribution in [0.1, 0.15) is 42.9 Å². The molecule has 1 heterocycles. The average molecular weight is 600 g/mol. The van der Waals surface area contributed by atoms with Crippen LogP contribution in [0.2, 0.25) is 0 Å². The van der Waals surface area contributed by atoms with E-state index in [2.05, 4.69) is 0 Å². The lowest BCUT2D eigenvalue weighted by molar-refractivity contribution is -0.129. The van der Waals surface area contributed by atoms with Crippen LogP contribution in [-0.4, -0.2) is 23.8 Å². The molecule has 45 heavy (non-hydrogen) atoms.